The van der Waals surface area contributed by atoms with Crippen LogP contribution in [0.1, 0.15) is 29.8 Å². The van der Waals surface area contributed by atoms with Crippen LogP contribution < -0.4 is 10.1 Å². The molecule has 0 spiro atoms. The molecule has 0 bridgehead atoms. The molecule has 0 heterocycles. The molecule has 2 aromatic rings. The van der Waals surface area contributed by atoms with E-state index in [0.29, 0.717) is 12.1 Å². The highest BCUT2D eigenvalue weighted by atomic mass is 79.9. The van der Waals surface area contributed by atoms with Crippen molar-refractivity contribution in [3.05, 3.63) is 64.1 Å². The Morgan fingerprint density at radius 3 is 2.45 bits per heavy atom. The van der Waals surface area contributed by atoms with E-state index in [0.717, 1.165) is 16.6 Å². The third-order valence-electron chi connectivity index (χ3n) is 3.11. The summed E-state index contributed by atoms with van der Waals surface area (Å²) in [5.74, 6) is 0.809. The lowest BCUT2D eigenvalue weighted by Crippen LogP contribution is -2.25. The number of carbonyl (C=O) groups is 1. The molecule has 0 aromatic heterocycles. The largest absolute Gasteiger partial charge is 0.491 e. The molecule has 0 radical (unpaired) electrons. The van der Waals surface area contributed by atoms with Crippen LogP contribution in [0.2, 0.25) is 0 Å². The van der Waals surface area contributed by atoms with Gasteiger partial charge in [-0.1, -0.05) is 24.3 Å². The molecule has 0 aliphatic heterocycles. The van der Waals surface area contributed by atoms with Crippen molar-refractivity contribution in [2.45, 2.75) is 26.4 Å². The lowest BCUT2D eigenvalue weighted by molar-refractivity contribution is 0.0953. The molecule has 0 fully saturated rings. The van der Waals surface area contributed by atoms with Gasteiger partial charge in [0.05, 0.1) is 11.7 Å². The molecular formula is C18H20BrNO2. The Morgan fingerprint density at radius 2 is 1.82 bits per heavy atom. The van der Waals surface area contributed by atoms with Crippen LogP contribution in [0.25, 0.3) is 0 Å². The predicted octanol–water partition coefficient (Wildman–Crippen LogP) is 4.21. The average molecular weight is 362 g/mol. The zero-order valence-corrected chi connectivity index (χ0v) is 14.4. The Hall–Kier alpha value is -1.81. The molecule has 0 atom stereocenters. The SMILES string of the molecule is CC(C)Oc1ccc(CCNC(=O)c2ccccc2Br)cc1. The fourth-order valence-electron chi connectivity index (χ4n) is 2.07. The number of amides is 1. The lowest BCUT2D eigenvalue weighted by atomic mass is 10.1. The maximum Gasteiger partial charge on any atom is 0.252 e. The standard InChI is InChI=1S/C18H20BrNO2/c1-13(2)22-15-9-7-14(8-10-15)11-12-20-18(21)16-5-3-4-6-17(16)19/h3-10,13H,11-12H2,1-2H3,(H,20,21). The molecule has 22 heavy (non-hydrogen) atoms. The van der Waals surface area contributed by atoms with Gasteiger partial charge in [-0.25, -0.2) is 0 Å². The van der Waals surface area contributed by atoms with E-state index in [1.165, 1.54) is 5.56 Å². The summed E-state index contributed by atoms with van der Waals surface area (Å²) in [4.78, 5) is 12.1. The molecule has 0 saturated heterocycles. The smallest absolute Gasteiger partial charge is 0.252 e. The van der Waals surface area contributed by atoms with E-state index < -0.39 is 0 Å². The van der Waals surface area contributed by atoms with Crippen molar-refractivity contribution < 1.29 is 9.53 Å². The summed E-state index contributed by atoms with van der Waals surface area (Å²) in [5.41, 5.74) is 1.83. The normalized spacial score (nSPS) is 10.5. The van der Waals surface area contributed by atoms with Crippen LogP contribution in [0.5, 0.6) is 5.75 Å². The summed E-state index contributed by atoms with van der Waals surface area (Å²) >= 11 is 3.39. The van der Waals surface area contributed by atoms with Crippen LogP contribution in [-0.4, -0.2) is 18.6 Å². The van der Waals surface area contributed by atoms with Gasteiger partial charge in [0, 0.05) is 11.0 Å². The van der Waals surface area contributed by atoms with Gasteiger partial charge in [0.15, 0.2) is 0 Å². The fraction of sp³-hybridized carbons (Fsp3) is 0.278. The second-order valence-corrected chi connectivity index (χ2v) is 6.15. The van der Waals surface area contributed by atoms with Crippen LogP contribution in [-0.2, 0) is 6.42 Å². The van der Waals surface area contributed by atoms with Crippen LogP contribution in [0.15, 0.2) is 53.0 Å². The van der Waals surface area contributed by atoms with E-state index in [4.69, 9.17) is 4.74 Å². The quantitative estimate of drug-likeness (QED) is 0.836. The molecular weight excluding hydrogens is 342 g/mol. The molecule has 116 valence electrons. The first-order valence-corrected chi connectivity index (χ1v) is 8.14. The third-order valence-corrected chi connectivity index (χ3v) is 3.80. The van der Waals surface area contributed by atoms with Gasteiger partial charge in [-0.05, 0) is 66.0 Å². The van der Waals surface area contributed by atoms with Crippen molar-refractivity contribution in [1.82, 2.24) is 5.32 Å². The Balaban J connectivity index is 1.83. The Kier molecular flexibility index (Phi) is 6.01. The Morgan fingerprint density at radius 1 is 1.14 bits per heavy atom. The van der Waals surface area contributed by atoms with Crippen LogP contribution in [0.4, 0.5) is 0 Å². The summed E-state index contributed by atoms with van der Waals surface area (Å²) < 4.78 is 6.42. The highest BCUT2D eigenvalue weighted by molar-refractivity contribution is 9.10. The second-order valence-electron chi connectivity index (χ2n) is 5.30. The topological polar surface area (TPSA) is 38.3 Å². The third kappa shape index (κ3) is 4.88. The highest BCUT2D eigenvalue weighted by Gasteiger charge is 2.08. The minimum absolute atomic E-state index is 0.0627. The molecule has 3 nitrogen and oxygen atoms in total. The number of nitrogens with one attached hydrogen (secondary N) is 1. The molecule has 4 heteroatoms. The van der Waals surface area contributed by atoms with Crippen molar-refractivity contribution in [3.63, 3.8) is 0 Å². The van der Waals surface area contributed by atoms with Crippen LogP contribution in [0, 0.1) is 0 Å². The van der Waals surface area contributed by atoms with Crippen molar-refractivity contribution in [1.29, 1.82) is 0 Å². The summed E-state index contributed by atoms with van der Waals surface area (Å²) in [6, 6.07) is 15.4. The minimum Gasteiger partial charge on any atom is -0.491 e. The number of carbonyl (C=O) groups excluding carboxylic acids is 1. The van der Waals surface area contributed by atoms with E-state index in [9.17, 15) is 4.79 Å². The van der Waals surface area contributed by atoms with Crippen LogP contribution >= 0.6 is 15.9 Å². The van der Waals surface area contributed by atoms with E-state index in [1.807, 2.05) is 56.3 Å². The van der Waals surface area contributed by atoms with Gasteiger partial charge in [0.25, 0.3) is 5.91 Å². The number of ether oxygens (including phenoxy) is 1. The second kappa shape index (κ2) is 7.99. The van der Waals surface area contributed by atoms with E-state index in [2.05, 4.69) is 21.2 Å². The average Bonchev–Trinajstić information content (AvgIpc) is 2.49. The molecule has 0 unspecified atom stereocenters. The zero-order chi connectivity index (χ0) is 15.9. The van der Waals surface area contributed by atoms with Crippen molar-refractivity contribution in [3.8, 4) is 5.75 Å². The Bertz CT molecular complexity index is 623. The molecule has 2 aromatic carbocycles. The summed E-state index contributed by atoms with van der Waals surface area (Å²) in [5, 5.41) is 2.93. The monoisotopic (exact) mass is 361 g/mol. The first kappa shape index (κ1) is 16.6. The summed E-state index contributed by atoms with van der Waals surface area (Å²) in [6.07, 6.45) is 0.965. The number of halogens is 1. The van der Waals surface area contributed by atoms with Gasteiger partial charge >= 0.3 is 0 Å². The van der Waals surface area contributed by atoms with Crippen molar-refractivity contribution >= 4 is 21.8 Å². The number of hydrogen-bond donors (Lipinski definition) is 1. The van der Waals surface area contributed by atoms with Gasteiger partial charge in [-0.15, -0.1) is 0 Å². The molecule has 2 rings (SSSR count). The van der Waals surface area contributed by atoms with E-state index in [1.54, 1.807) is 6.07 Å². The maximum atomic E-state index is 12.1. The Labute approximate surface area is 139 Å². The molecule has 0 aliphatic carbocycles. The van der Waals surface area contributed by atoms with Gasteiger partial charge in [0.1, 0.15) is 5.75 Å². The number of benzene rings is 2. The predicted molar refractivity (Wildman–Crippen MR) is 92.4 cm³/mol. The summed E-state index contributed by atoms with van der Waals surface area (Å²) in [6.45, 7) is 4.61. The number of rotatable bonds is 6. The zero-order valence-electron chi connectivity index (χ0n) is 12.8. The van der Waals surface area contributed by atoms with Crippen molar-refractivity contribution in [2.24, 2.45) is 0 Å². The molecule has 0 aliphatic rings. The van der Waals surface area contributed by atoms with E-state index in [-0.39, 0.29) is 12.0 Å². The van der Waals surface area contributed by atoms with Gasteiger partial charge < -0.3 is 10.1 Å². The maximum absolute atomic E-state index is 12.1. The van der Waals surface area contributed by atoms with E-state index >= 15 is 0 Å². The summed E-state index contributed by atoms with van der Waals surface area (Å²) in [7, 11) is 0. The molecule has 0 saturated carbocycles. The first-order chi connectivity index (χ1) is 10.6. The van der Waals surface area contributed by atoms with Crippen LogP contribution in [0.3, 0.4) is 0 Å². The van der Waals surface area contributed by atoms with Gasteiger partial charge in [-0.2, -0.15) is 0 Å². The van der Waals surface area contributed by atoms with Gasteiger partial charge in [-0.3, -0.25) is 4.79 Å². The first-order valence-electron chi connectivity index (χ1n) is 7.34. The molecule has 1 amide bonds. The van der Waals surface area contributed by atoms with Gasteiger partial charge in [0.2, 0.25) is 0 Å². The minimum atomic E-state index is -0.0627. The number of hydrogen-bond acceptors (Lipinski definition) is 2. The molecule has 1 N–H and O–H groups in total. The van der Waals surface area contributed by atoms with Crippen molar-refractivity contribution in [2.75, 3.05) is 6.54 Å². The highest BCUT2D eigenvalue weighted by Crippen LogP contribution is 2.16. The lowest BCUT2D eigenvalue weighted by Gasteiger charge is -2.10. The fourth-order valence-corrected chi connectivity index (χ4v) is 2.53.